The summed E-state index contributed by atoms with van der Waals surface area (Å²) in [6.45, 7) is 12.9. The lowest BCUT2D eigenvalue weighted by atomic mass is 10.1. The molecule has 1 aromatic rings. The second kappa shape index (κ2) is 36.4. The first-order valence-corrected chi connectivity index (χ1v) is 24.6. The van der Waals surface area contributed by atoms with E-state index in [4.69, 9.17) is 23.3 Å². The molecule has 0 bridgehead atoms. The number of hydrogen-bond acceptors (Lipinski definition) is 6. The molecule has 1 rings (SSSR count). The van der Waals surface area contributed by atoms with Crippen molar-refractivity contribution in [2.24, 2.45) is 0 Å². The van der Waals surface area contributed by atoms with E-state index in [1.165, 1.54) is 154 Å². The minimum absolute atomic E-state index is 0.290. The van der Waals surface area contributed by atoms with Crippen LogP contribution in [0.15, 0.2) is 12.1 Å². The predicted octanol–water partition coefficient (Wildman–Crippen LogP) is 15.5. The molecule has 0 saturated carbocycles. The molecule has 0 N–H and O–H groups in total. The Balaban J connectivity index is 2.92. The van der Waals surface area contributed by atoms with E-state index >= 15 is 0 Å². The summed E-state index contributed by atoms with van der Waals surface area (Å²) < 4.78 is 45.0. The Labute approximate surface area is 329 Å². The monoisotopic (exact) mass is 767 g/mol. The third-order valence-electron chi connectivity index (χ3n) is 10.2. The molecule has 0 aliphatic rings. The molecule has 1 aromatic carbocycles. The molecule has 0 fully saturated rings. The van der Waals surface area contributed by atoms with Gasteiger partial charge in [0.05, 0.1) is 38.3 Å². The number of hydrogen-bond donors (Lipinski definition) is 0. The van der Waals surface area contributed by atoms with E-state index in [-0.39, 0.29) is 13.2 Å². The smallest absolute Gasteiger partial charge is 0.361 e. The molecule has 0 saturated heterocycles. The minimum atomic E-state index is -3.55. The topological polar surface area (TPSA) is 63.2 Å². The van der Waals surface area contributed by atoms with Gasteiger partial charge in [0.1, 0.15) is 0 Å². The van der Waals surface area contributed by atoms with Gasteiger partial charge in [-0.1, -0.05) is 194 Å². The molecule has 0 heterocycles. The van der Waals surface area contributed by atoms with Crippen LogP contribution < -0.4 is 19.5 Å². The number of unbranched alkanes of at least 4 members (excludes halogenated alkanes) is 27. The summed E-state index contributed by atoms with van der Waals surface area (Å²) in [6, 6.07) is 3.65. The molecule has 312 valence electrons. The molecule has 7 heteroatoms. The van der Waals surface area contributed by atoms with Gasteiger partial charge in [-0.3, -0.25) is 4.57 Å². The SMILES string of the molecule is CCCCCCCCCCCCOc1cc(P(=O)(OCC)OCC)cc(OCCCCCCCCCCCC)c1OCCCCCCCCCCCC. The average molecular weight is 767 g/mol. The fraction of sp³-hybridized carbons (Fsp3) is 0.870. The predicted molar refractivity (Wildman–Crippen MR) is 229 cm³/mol. The van der Waals surface area contributed by atoms with E-state index in [1.807, 2.05) is 26.0 Å². The highest BCUT2D eigenvalue weighted by atomic mass is 31.2. The zero-order valence-electron chi connectivity index (χ0n) is 35.8. The van der Waals surface area contributed by atoms with E-state index in [9.17, 15) is 4.57 Å². The Hall–Kier alpha value is -1.23. The van der Waals surface area contributed by atoms with Gasteiger partial charge in [0, 0.05) is 0 Å². The molecule has 53 heavy (non-hydrogen) atoms. The van der Waals surface area contributed by atoms with Crippen LogP contribution in [0.25, 0.3) is 0 Å². The third kappa shape index (κ3) is 26.3. The first kappa shape index (κ1) is 49.8. The lowest BCUT2D eigenvalue weighted by Crippen LogP contribution is -2.15. The van der Waals surface area contributed by atoms with Crippen LogP contribution in [0, 0.1) is 0 Å². The van der Waals surface area contributed by atoms with Crippen molar-refractivity contribution < 1.29 is 27.8 Å². The fourth-order valence-corrected chi connectivity index (χ4v) is 8.51. The van der Waals surface area contributed by atoms with Crippen LogP contribution in [0.3, 0.4) is 0 Å². The average Bonchev–Trinajstić information content (AvgIpc) is 3.15. The van der Waals surface area contributed by atoms with E-state index < -0.39 is 7.60 Å². The van der Waals surface area contributed by atoms with Gasteiger partial charge in [0.15, 0.2) is 11.5 Å². The van der Waals surface area contributed by atoms with Crippen LogP contribution in [-0.2, 0) is 13.6 Å². The maximum Gasteiger partial charge on any atom is 0.361 e. The quantitative estimate of drug-likeness (QED) is 0.0488. The molecular weight excluding hydrogens is 679 g/mol. The van der Waals surface area contributed by atoms with Gasteiger partial charge in [-0.25, -0.2) is 0 Å². The molecule has 0 unspecified atom stereocenters. The summed E-state index contributed by atoms with van der Waals surface area (Å²) in [4.78, 5) is 0. The van der Waals surface area contributed by atoms with Crippen LogP contribution in [0.2, 0.25) is 0 Å². The van der Waals surface area contributed by atoms with Crippen LogP contribution in [-0.4, -0.2) is 33.0 Å². The third-order valence-corrected chi connectivity index (χ3v) is 12.3. The summed E-state index contributed by atoms with van der Waals surface area (Å²) in [6.07, 6.45) is 38.2. The lowest BCUT2D eigenvalue weighted by Gasteiger charge is -2.22. The van der Waals surface area contributed by atoms with Crippen LogP contribution in [0.5, 0.6) is 17.2 Å². The standard InChI is InChI=1S/C46H87O6P/c1-6-11-14-17-20-23-26-29-32-35-38-48-44-41-43(53(47,51-9-4)52-10-5)42-45(49-39-36-33-30-27-24-21-18-15-12-7-2)46(44)50-40-37-34-31-28-25-22-19-16-13-8-3/h41-42H,6-40H2,1-5H3. The zero-order chi connectivity index (χ0) is 38.5. The first-order chi connectivity index (χ1) is 26.1. The first-order valence-electron chi connectivity index (χ1n) is 23.0. The largest absolute Gasteiger partial charge is 0.490 e. The molecule has 0 radical (unpaired) electrons. The maximum absolute atomic E-state index is 14.0. The normalized spacial score (nSPS) is 11.7. The Morgan fingerprint density at radius 2 is 0.642 bits per heavy atom. The van der Waals surface area contributed by atoms with Crippen molar-refractivity contribution in [1.29, 1.82) is 0 Å². The molecule has 0 aromatic heterocycles. The van der Waals surface area contributed by atoms with Crippen LogP contribution >= 0.6 is 7.60 Å². The van der Waals surface area contributed by atoms with Crippen molar-refractivity contribution in [2.75, 3.05) is 33.0 Å². The van der Waals surface area contributed by atoms with E-state index in [0.717, 1.165) is 38.5 Å². The van der Waals surface area contributed by atoms with Crippen molar-refractivity contribution in [3.63, 3.8) is 0 Å². The van der Waals surface area contributed by atoms with Gasteiger partial charge >= 0.3 is 7.60 Å². The Morgan fingerprint density at radius 1 is 0.377 bits per heavy atom. The molecule has 0 amide bonds. The highest BCUT2D eigenvalue weighted by Crippen LogP contribution is 2.50. The van der Waals surface area contributed by atoms with Crippen molar-refractivity contribution in [3.05, 3.63) is 12.1 Å². The van der Waals surface area contributed by atoms with Gasteiger partial charge in [-0.15, -0.1) is 0 Å². The van der Waals surface area contributed by atoms with E-state index in [1.54, 1.807) is 0 Å². The molecule has 6 nitrogen and oxygen atoms in total. The number of ether oxygens (including phenoxy) is 3. The van der Waals surface area contributed by atoms with E-state index in [0.29, 0.717) is 42.4 Å². The highest BCUT2D eigenvalue weighted by molar-refractivity contribution is 7.62. The van der Waals surface area contributed by atoms with Gasteiger partial charge in [-0.05, 0) is 45.2 Å². The summed E-state index contributed by atoms with van der Waals surface area (Å²) in [5.74, 6) is 1.80. The zero-order valence-corrected chi connectivity index (χ0v) is 36.7. The molecule has 0 aliphatic heterocycles. The molecular formula is C46H87O6P. The maximum atomic E-state index is 14.0. The van der Waals surface area contributed by atoms with Gasteiger partial charge < -0.3 is 23.3 Å². The highest BCUT2D eigenvalue weighted by Gasteiger charge is 2.30. The lowest BCUT2D eigenvalue weighted by molar-refractivity contribution is 0.226. The Morgan fingerprint density at radius 3 is 0.925 bits per heavy atom. The molecule has 0 atom stereocenters. The van der Waals surface area contributed by atoms with Crippen molar-refractivity contribution >= 4 is 12.9 Å². The second-order valence-electron chi connectivity index (χ2n) is 15.2. The Bertz CT molecular complexity index is 928. The summed E-state index contributed by atoms with van der Waals surface area (Å²) in [5.41, 5.74) is 0. The fourth-order valence-electron chi connectivity index (χ4n) is 6.91. The summed E-state index contributed by atoms with van der Waals surface area (Å²) >= 11 is 0. The van der Waals surface area contributed by atoms with Gasteiger partial charge in [-0.2, -0.15) is 0 Å². The second-order valence-corrected chi connectivity index (χ2v) is 17.2. The molecule has 0 spiro atoms. The Kier molecular flexibility index (Phi) is 34.2. The van der Waals surface area contributed by atoms with Crippen molar-refractivity contribution in [3.8, 4) is 17.2 Å². The van der Waals surface area contributed by atoms with E-state index in [2.05, 4.69) is 20.8 Å². The van der Waals surface area contributed by atoms with Gasteiger partial charge in [0.2, 0.25) is 5.75 Å². The van der Waals surface area contributed by atoms with Crippen LogP contribution in [0.1, 0.15) is 227 Å². The number of rotatable bonds is 41. The summed E-state index contributed by atoms with van der Waals surface area (Å²) in [5, 5.41) is 0.476. The molecule has 0 aliphatic carbocycles. The minimum Gasteiger partial charge on any atom is -0.490 e. The van der Waals surface area contributed by atoms with Crippen LogP contribution in [0.4, 0.5) is 0 Å². The van der Waals surface area contributed by atoms with Crippen molar-refractivity contribution in [1.82, 2.24) is 0 Å². The van der Waals surface area contributed by atoms with Crippen molar-refractivity contribution in [2.45, 2.75) is 227 Å². The van der Waals surface area contributed by atoms with Gasteiger partial charge in [0.25, 0.3) is 0 Å². The number of benzene rings is 1. The summed E-state index contributed by atoms with van der Waals surface area (Å²) in [7, 11) is -3.55.